The molecule has 1 radical (unpaired) electrons. The number of carbonyl (C=O) groups excluding carboxylic acids is 1. The maximum Gasteiger partial charge on any atom is 0.254 e. The van der Waals surface area contributed by atoms with Gasteiger partial charge in [0, 0.05) is 7.05 Å². The SMILES string of the molecule is C[N]C(=O)CN. The van der Waals surface area contributed by atoms with Gasteiger partial charge in [0.15, 0.2) is 0 Å². The van der Waals surface area contributed by atoms with Gasteiger partial charge >= 0.3 is 0 Å². The summed E-state index contributed by atoms with van der Waals surface area (Å²) < 4.78 is 0. The van der Waals surface area contributed by atoms with Crippen molar-refractivity contribution in [2.24, 2.45) is 5.73 Å². The highest BCUT2D eigenvalue weighted by Gasteiger charge is 1.87. The lowest BCUT2D eigenvalue weighted by molar-refractivity contribution is -0.119. The summed E-state index contributed by atoms with van der Waals surface area (Å²) >= 11 is 0. The highest BCUT2D eigenvalue weighted by Crippen LogP contribution is 1.51. The molecule has 3 heteroatoms. The number of hydrogen-bond donors (Lipinski definition) is 1. The first-order valence-electron chi connectivity index (χ1n) is 1.64. The fourth-order valence-electron chi connectivity index (χ4n) is 0.0913. The highest BCUT2D eigenvalue weighted by molar-refractivity contribution is 5.76. The van der Waals surface area contributed by atoms with Crippen LogP contribution in [-0.4, -0.2) is 19.5 Å². The Kier molecular flexibility index (Phi) is 2.40. The van der Waals surface area contributed by atoms with Crippen LogP contribution in [0.25, 0.3) is 0 Å². The van der Waals surface area contributed by atoms with Crippen LogP contribution in [0.4, 0.5) is 0 Å². The van der Waals surface area contributed by atoms with E-state index in [0.29, 0.717) is 0 Å². The Hall–Kier alpha value is -0.570. The molecule has 0 atom stereocenters. The van der Waals surface area contributed by atoms with Crippen molar-refractivity contribution in [3.63, 3.8) is 0 Å². The Morgan fingerprint density at radius 2 is 2.50 bits per heavy atom. The van der Waals surface area contributed by atoms with E-state index in [1.807, 2.05) is 0 Å². The number of nitrogens with two attached hydrogens (primary N) is 1. The molecule has 0 bridgehead atoms. The largest absolute Gasteiger partial charge is 0.322 e. The van der Waals surface area contributed by atoms with E-state index in [4.69, 9.17) is 5.73 Å². The number of nitrogens with zero attached hydrogens (tertiary/aromatic N) is 1. The van der Waals surface area contributed by atoms with Gasteiger partial charge in [-0.1, -0.05) is 0 Å². The van der Waals surface area contributed by atoms with Crippen LogP contribution in [0, 0.1) is 0 Å². The molecule has 0 heterocycles. The lowest BCUT2D eigenvalue weighted by atomic mass is 10.6. The Labute approximate surface area is 36.5 Å². The van der Waals surface area contributed by atoms with Crippen LogP contribution in [-0.2, 0) is 4.79 Å². The molecule has 0 aromatic heterocycles. The molecule has 35 valence electrons. The van der Waals surface area contributed by atoms with Gasteiger partial charge in [-0.3, -0.25) is 10.1 Å². The minimum atomic E-state index is -0.255. The van der Waals surface area contributed by atoms with E-state index in [1.54, 1.807) is 0 Å². The van der Waals surface area contributed by atoms with Gasteiger partial charge in [-0.05, 0) is 0 Å². The minimum absolute atomic E-state index is 0.0243. The second kappa shape index (κ2) is 2.66. The van der Waals surface area contributed by atoms with Gasteiger partial charge < -0.3 is 5.73 Å². The van der Waals surface area contributed by atoms with Crippen LogP contribution in [0.1, 0.15) is 0 Å². The van der Waals surface area contributed by atoms with Gasteiger partial charge in [-0.25, -0.2) is 0 Å². The molecule has 0 aliphatic carbocycles. The van der Waals surface area contributed by atoms with Crippen molar-refractivity contribution in [1.29, 1.82) is 0 Å². The zero-order valence-corrected chi connectivity index (χ0v) is 3.64. The first-order chi connectivity index (χ1) is 2.81. The molecule has 3 nitrogen and oxygen atoms in total. The normalized spacial score (nSPS) is 7.67. The average Bonchev–Trinajstić information content (AvgIpc) is 1.65. The molecule has 0 aromatic rings. The first-order valence-corrected chi connectivity index (χ1v) is 1.64. The van der Waals surface area contributed by atoms with Crippen molar-refractivity contribution >= 4 is 5.91 Å². The summed E-state index contributed by atoms with van der Waals surface area (Å²) in [5.41, 5.74) is 4.84. The molecule has 0 saturated heterocycles. The molecule has 2 N–H and O–H groups in total. The van der Waals surface area contributed by atoms with Gasteiger partial charge in [-0.15, -0.1) is 0 Å². The van der Waals surface area contributed by atoms with E-state index in [0.717, 1.165) is 0 Å². The summed E-state index contributed by atoms with van der Waals surface area (Å²) in [6.07, 6.45) is 0. The van der Waals surface area contributed by atoms with Crippen molar-refractivity contribution in [1.82, 2.24) is 5.32 Å². The lowest BCUT2D eigenvalue weighted by Crippen LogP contribution is -2.20. The Bertz CT molecular complexity index is 46.8. The molecule has 0 spiro atoms. The van der Waals surface area contributed by atoms with Gasteiger partial charge in [0.05, 0.1) is 6.54 Å². The third kappa shape index (κ3) is 1.72. The van der Waals surface area contributed by atoms with Crippen molar-refractivity contribution < 1.29 is 4.79 Å². The van der Waals surface area contributed by atoms with E-state index in [-0.39, 0.29) is 12.5 Å². The second-order valence-corrected chi connectivity index (χ2v) is 0.821. The Balaban J connectivity index is 2.99. The zero-order chi connectivity index (χ0) is 4.99. The Morgan fingerprint density at radius 3 is 2.50 bits per heavy atom. The highest BCUT2D eigenvalue weighted by atomic mass is 16.1. The molecule has 0 aromatic carbocycles. The number of rotatable bonds is 1. The van der Waals surface area contributed by atoms with Gasteiger partial charge in [0.25, 0.3) is 5.91 Å². The molecular formula is C3H7N2O. The predicted octanol–water partition coefficient (Wildman–Crippen LogP) is -1.29. The van der Waals surface area contributed by atoms with Crippen LogP contribution in [0.2, 0.25) is 0 Å². The summed E-state index contributed by atoms with van der Waals surface area (Å²) in [4.78, 5) is 9.89. The maximum atomic E-state index is 9.89. The van der Waals surface area contributed by atoms with Gasteiger partial charge in [0.1, 0.15) is 0 Å². The molecule has 6 heavy (non-hydrogen) atoms. The van der Waals surface area contributed by atoms with Crippen LogP contribution in [0.3, 0.4) is 0 Å². The standard InChI is InChI=1S/C3H7N2O/c1-5-3(6)2-4/h2,4H2,1H3. The van der Waals surface area contributed by atoms with E-state index in [2.05, 4.69) is 5.32 Å². The molecular weight excluding hydrogens is 80.0 g/mol. The quantitative estimate of drug-likeness (QED) is 0.432. The van der Waals surface area contributed by atoms with Crippen molar-refractivity contribution in [3.05, 3.63) is 0 Å². The topological polar surface area (TPSA) is 57.2 Å². The average molecular weight is 87.1 g/mol. The summed E-state index contributed by atoms with van der Waals surface area (Å²) in [5, 5.41) is 3.24. The van der Waals surface area contributed by atoms with Gasteiger partial charge in [-0.2, -0.15) is 0 Å². The van der Waals surface area contributed by atoms with E-state index in [9.17, 15) is 4.79 Å². The summed E-state index contributed by atoms with van der Waals surface area (Å²) in [6, 6.07) is 0. The number of carbonyl (C=O) groups is 1. The molecule has 1 amide bonds. The summed E-state index contributed by atoms with van der Waals surface area (Å²) in [7, 11) is 1.43. The fraction of sp³-hybridized carbons (Fsp3) is 0.667. The second-order valence-electron chi connectivity index (χ2n) is 0.821. The minimum Gasteiger partial charge on any atom is -0.322 e. The van der Waals surface area contributed by atoms with Gasteiger partial charge in [0.2, 0.25) is 0 Å². The predicted molar refractivity (Wildman–Crippen MR) is 22.1 cm³/mol. The third-order valence-corrected chi connectivity index (χ3v) is 0.424. The van der Waals surface area contributed by atoms with Crippen LogP contribution in [0.15, 0.2) is 0 Å². The smallest absolute Gasteiger partial charge is 0.254 e. The molecule has 0 fully saturated rings. The lowest BCUT2D eigenvalue weighted by Gasteiger charge is -1.83. The summed E-state index contributed by atoms with van der Waals surface area (Å²) in [6.45, 7) is 0.0243. The Morgan fingerprint density at radius 1 is 2.00 bits per heavy atom. The van der Waals surface area contributed by atoms with Crippen LogP contribution in [0.5, 0.6) is 0 Å². The van der Waals surface area contributed by atoms with Crippen molar-refractivity contribution in [2.75, 3.05) is 13.6 Å². The van der Waals surface area contributed by atoms with E-state index in [1.165, 1.54) is 7.05 Å². The van der Waals surface area contributed by atoms with E-state index >= 15 is 0 Å². The maximum absolute atomic E-state index is 9.89. The molecule has 0 saturated carbocycles. The van der Waals surface area contributed by atoms with Crippen LogP contribution >= 0.6 is 0 Å². The molecule has 0 rings (SSSR count). The first kappa shape index (κ1) is 5.43. The van der Waals surface area contributed by atoms with E-state index < -0.39 is 0 Å². The fourth-order valence-corrected chi connectivity index (χ4v) is 0.0913. The zero-order valence-electron chi connectivity index (χ0n) is 3.64. The third-order valence-electron chi connectivity index (χ3n) is 0.424. The number of hydrogen-bond acceptors (Lipinski definition) is 2. The monoisotopic (exact) mass is 87.1 g/mol. The number of likely N-dealkylation sites (N-methyl/N-ethyl adjacent to an activating group) is 1. The number of amides is 1. The van der Waals surface area contributed by atoms with Crippen LogP contribution < -0.4 is 11.1 Å². The summed E-state index contributed by atoms with van der Waals surface area (Å²) in [5.74, 6) is -0.255. The molecule has 0 aliphatic heterocycles. The van der Waals surface area contributed by atoms with Crippen molar-refractivity contribution in [3.8, 4) is 0 Å². The van der Waals surface area contributed by atoms with Crippen molar-refractivity contribution in [2.45, 2.75) is 0 Å². The molecule has 0 unspecified atom stereocenters. The molecule has 0 aliphatic rings.